The number of aliphatic hydroxyl groups is 1. The highest BCUT2D eigenvalue weighted by atomic mass is 31.2. The third-order valence-corrected chi connectivity index (χ3v) is 8.70. The maximum Gasteiger partial charge on any atom is 0.472 e. The molecular weight excluding hydrogens is 729 g/mol. The number of hydrogen-bond donors (Lipinski definition) is 3. The van der Waals surface area contributed by atoms with Gasteiger partial charge in [0.1, 0.15) is 6.61 Å². The number of rotatable bonds is 36. The highest BCUT2D eigenvalue weighted by Gasteiger charge is 2.25. The fourth-order valence-electron chi connectivity index (χ4n) is 4.68. The average molecular weight is 802 g/mol. The van der Waals surface area contributed by atoms with Crippen molar-refractivity contribution >= 4 is 19.8 Å². The lowest BCUT2D eigenvalue weighted by Gasteiger charge is -2.19. The molecule has 0 heterocycles. The van der Waals surface area contributed by atoms with Gasteiger partial charge in [-0.3, -0.25) is 18.6 Å². The first-order valence-corrected chi connectivity index (χ1v) is 21.9. The molecule has 0 aliphatic rings. The van der Waals surface area contributed by atoms with Gasteiger partial charge >= 0.3 is 19.8 Å². The molecule has 56 heavy (non-hydrogen) atoms. The van der Waals surface area contributed by atoms with Crippen LogP contribution in [-0.2, 0) is 32.7 Å². The Kier molecular flexibility index (Phi) is 37.5. The van der Waals surface area contributed by atoms with E-state index in [1.165, 1.54) is 0 Å². The molecule has 0 saturated heterocycles. The van der Waals surface area contributed by atoms with Gasteiger partial charge in [-0.25, -0.2) is 4.57 Å². The van der Waals surface area contributed by atoms with Crippen LogP contribution >= 0.6 is 7.82 Å². The molecule has 0 aromatic carbocycles. The van der Waals surface area contributed by atoms with Crippen molar-refractivity contribution in [3.8, 4) is 0 Å². The molecule has 0 amide bonds. The predicted octanol–water partition coefficient (Wildman–Crippen LogP) is 10.6. The molecule has 0 aliphatic carbocycles. The van der Waals surface area contributed by atoms with Crippen molar-refractivity contribution in [3.63, 3.8) is 0 Å². The van der Waals surface area contributed by atoms with Crippen LogP contribution < -0.4 is 5.73 Å². The zero-order valence-corrected chi connectivity index (χ0v) is 35.1. The summed E-state index contributed by atoms with van der Waals surface area (Å²) in [6, 6.07) is 0. The average Bonchev–Trinajstić information content (AvgIpc) is 3.18. The van der Waals surface area contributed by atoms with Gasteiger partial charge in [0.15, 0.2) is 6.10 Å². The highest BCUT2D eigenvalue weighted by molar-refractivity contribution is 7.47. The number of ether oxygens (including phenoxy) is 2. The monoisotopic (exact) mass is 801 g/mol. The van der Waals surface area contributed by atoms with Gasteiger partial charge in [-0.1, -0.05) is 136 Å². The van der Waals surface area contributed by atoms with E-state index < -0.39 is 32.5 Å². The number of phosphoric ester groups is 1. The summed E-state index contributed by atoms with van der Waals surface area (Å²) in [5.74, 6) is -1.000. The van der Waals surface area contributed by atoms with Crippen LogP contribution in [0.1, 0.15) is 123 Å². The first kappa shape index (κ1) is 52.6. The van der Waals surface area contributed by atoms with Gasteiger partial charge in [0.05, 0.1) is 19.3 Å². The minimum Gasteiger partial charge on any atom is -0.462 e. The summed E-state index contributed by atoms with van der Waals surface area (Å²) in [6.45, 7) is 3.28. The van der Waals surface area contributed by atoms with Crippen LogP contribution in [0.15, 0.2) is 109 Å². The number of nitrogens with two attached hydrogens (primary N) is 1. The molecule has 0 radical (unpaired) electrons. The molecule has 4 N–H and O–H groups in total. The SMILES string of the molecule is CC/C=C\C/C=C\C/C=C\C/C=C\C/C=C\CCCC(=O)O[C@H](COC(=O)CCC/C=C\C/C=C\C/C=C\C/C=C\[C@@H](O)CCCC)COP(=O)(O)OCCN. The van der Waals surface area contributed by atoms with Gasteiger partial charge in [0.25, 0.3) is 0 Å². The van der Waals surface area contributed by atoms with Gasteiger partial charge in [0, 0.05) is 19.4 Å². The van der Waals surface area contributed by atoms with Crippen molar-refractivity contribution in [2.75, 3.05) is 26.4 Å². The lowest BCUT2D eigenvalue weighted by Crippen LogP contribution is -2.29. The number of phosphoric acid groups is 1. The molecule has 11 heteroatoms. The van der Waals surface area contributed by atoms with E-state index in [1.54, 1.807) is 0 Å². The van der Waals surface area contributed by atoms with Crippen LogP contribution in [0.25, 0.3) is 0 Å². The number of allylic oxidation sites excluding steroid dienone is 17. The number of carbonyl (C=O) groups is 2. The number of esters is 2. The topological polar surface area (TPSA) is 155 Å². The van der Waals surface area contributed by atoms with E-state index in [0.29, 0.717) is 25.7 Å². The second-order valence-electron chi connectivity index (χ2n) is 12.9. The van der Waals surface area contributed by atoms with Crippen molar-refractivity contribution in [2.45, 2.75) is 135 Å². The van der Waals surface area contributed by atoms with Crippen LogP contribution in [0, 0.1) is 0 Å². The van der Waals surface area contributed by atoms with E-state index in [4.69, 9.17) is 24.3 Å². The van der Waals surface area contributed by atoms with E-state index in [1.807, 2.05) is 36.5 Å². The summed E-state index contributed by atoms with van der Waals surface area (Å²) in [7, 11) is -4.42. The second kappa shape index (κ2) is 39.8. The van der Waals surface area contributed by atoms with Gasteiger partial charge < -0.3 is 25.2 Å². The summed E-state index contributed by atoms with van der Waals surface area (Å²) in [5, 5.41) is 9.80. The van der Waals surface area contributed by atoms with E-state index in [2.05, 4.69) is 86.8 Å². The van der Waals surface area contributed by atoms with Crippen LogP contribution in [-0.4, -0.2) is 60.5 Å². The van der Waals surface area contributed by atoms with E-state index in [0.717, 1.165) is 70.6 Å². The number of carbonyl (C=O) groups excluding carboxylic acids is 2. The molecule has 0 rings (SSSR count). The summed E-state index contributed by atoms with van der Waals surface area (Å²) in [5.41, 5.74) is 5.33. The smallest absolute Gasteiger partial charge is 0.462 e. The van der Waals surface area contributed by atoms with Crippen LogP contribution in [0.4, 0.5) is 0 Å². The molecule has 3 atom stereocenters. The third-order valence-electron chi connectivity index (χ3n) is 7.71. The van der Waals surface area contributed by atoms with Crippen LogP contribution in [0.2, 0.25) is 0 Å². The molecular formula is C45H72NO9P. The predicted molar refractivity (Wildman–Crippen MR) is 230 cm³/mol. The number of unbranched alkanes of at least 4 members (excludes halogenated alkanes) is 3. The molecule has 0 saturated carbocycles. The third kappa shape index (κ3) is 38.9. The highest BCUT2D eigenvalue weighted by Crippen LogP contribution is 2.43. The Morgan fingerprint density at radius 3 is 1.57 bits per heavy atom. The number of hydrogen-bond acceptors (Lipinski definition) is 9. The first-order chi connectivity index (χ1) is 27.2. The quantitative estimate of drug-likeness (QED) is 0.0241. The van der Waals surface area contributed by atoms with Crippen molar-refractivity contribution in [2.24, 2.45) is 5.73 Å². The Morgan fingerprint density at radius 1 is 0.625 bits per heavy atom. The Labute approximate surface area is 338 Å². The molecule has 0 aromatic rings. The van der Waals surface area contributed by atoms with Crippen molar-refractivity contribution in [3.05, 3.63) is 109 Å². The van der Waals surface area contributed by atoms with Crippen LogP contribution in [0.3, 0.4) is 0 Å². The number of aliphatic hydroxyl groups excluding tert-OH is 1. The standard InChI is InChI=1S/C45H72NO9P/c1-3-5-7-8-9-10-11-12-13-14-15-16-21-24-27-30-33-37-45(49)55-43(41-54-56(50,51)53-39-38-46)40-52-44(48)36-32-29-26-23-20-18-17-19-22-25-28-31-35-42(47)34-6-4-2/h5,7,9-10,12-13,15-18,22-27,31,35,42-43,47H,3-4,6,8,11,14,19-21,28-30,32-34,36-41,46H2,1-2H3,(H,50,51)/b7-5-,10-9-,13-12-,16-15-,18-17-,25-22-,26-23-,27-24-,35-31-/t42-,43+/m0/s1. The normalized spacial score (nSPS) is 15.0. The molecule has 0 aliphatic heterocycles. The van der Waals surface area contributed by atoms with Gasteiger partial charge in [0.2, 0.25) is 0 Å². The lowest BCUT2D eigenvalue weighted by molar-refractivity contribution is -0.161. The fourth-order valence-corrected chi connectivity index (χ4v) is 5.44. The maximum absolute atomic E-state index is 12.5. The first-order valence-electron chi connectivity index (χ1n) is 20.5. The Balaban J connectivity index is 4.44. The zero-order valence-electron chi connectivity index (χ0n) is 34.2. The van der Waals surface area contributed by atoms with E-state index in [-0.39, 0.29) is 38.7 Å². The summed E-state index contributed by atoms with van der Waals surface area (Å²) in [6.07, 6.45) is 49.0. The lowest BCUT2D eigenvalue weighted by atomic mass is 10.1. The van der Waals surface area contributed by atoms with Crippen molar-refractivity contribution in [1.82, 2.24) is 0 Å². The summed E-state index contributed by atoms with van der Waals surface area (Å²) >= 11 is 0. The second-order valence-corrected chi connectivity index (χ2v) is 14.4. The fraction of sp³-hybridized carbons (Fsp3) is 0.556. The van der Waals surface area contributed by atoms with Crippen molar-refractivity contribution in [1.29, 1.82) is 0 Å². The molecule has 0 spiro atoms. The molecule has 316 valence electrons. The van der Waals surface area contributed by atoms with Crippen LogP contribution in [0.5, 0.6) is 0 Å². The van der Waals surface area contributed by atoms with Gasteiger partial charge in [-0.05, 0) is 83.5 Å². The molecule has 1 unspecified atom stereocenters. The zero-order chi connectivity index (χ0) is 41.2. The molecule has 0 aromatic heterocycles. The Bertz CT molecular complexity index is 1300. The van der Waals surface area contributed by atoms with Gasteiger partial charge in [-0.15, -0.1) is 0 Å². The Hall–Kier alpha value is -3.37. The summed E-state index contributed by atoms with van der Waals surface area (Å²) < 4.78 is 32.6. The van der Waals surface area contributed by atoms with Gasteiger partial charge in [-0.2, -0.15) is 0 Å². The minimum atomic E-state index is -4.42. The minimum absolute atomic E-state index is 0.0242. The molecule has 0 bridgehead atoms. The maximum atomic E-state index is 12.5. The largest absolute Gasteiger partial charge is 0.472 e. The van der Waals surface area contributed by atoms with E-state index >= 15 is 0 Å². The summed E-state index contributed by atoms with van der Waals surface area (Å²) in [4.78, 5) is 34.8. The Morgan fingerprint density at radius 2 is 1.09 bits per heavy atom. The molecule has 10 nitrogen and oxygen atoms in total. The van der Waals surface area contributed by atoms with E-state index in [9.17, 15) is 24.2 Å². The molecule has 0 fully saturated rings. The van der Waals surface area contributed by atoms with Crippen molar-refractivity contribution < 1.29 is 42.7 Å².